The van der Waals surface area contributed by atoms with Gasteiger partial charge in [-0.3, -0.25) is 9.59 Å². The van der Waals surface area contributed by atoms with Crippen molar-refractivity contribution in [1.82, 2.24) is 9.88 Å². The number of aromatic nitrogens is 1. The molecule has 0 aromatic carbocycles. The van der Waals surface area contributed by atoms with E-state index < -0.39 is 0 Å². The van der Waals surface area contributed by atoms with Crippen LogP contribution >= 0.6 is 0 Å². The molecule has 0 fully saturated rings. The predicted molar refractivity (Wildman–Crippen MR) is 64.4 cm³/mol. The topological polar surface area (TPSA) is 68.7 Å². The zero-order valence-corrected chi connectivity index (χ0v) is 10.7. The third kappa shape index (κ3) is 3.73. The Labute approximate surface area is 106 Å². The van der Waals surface area contributed by atoms with Gasteiger partial charge in [0.1, 0.15) is 0 Å². The van der Waals surface area contributed by atoms with Crippen LogP contribution in [-0.2, 0) is 9.53 Å². The average Bonchev–Trinajstić information content (AvgIpc) is 2.43. The number of esters is 1. The van der Waals surface area contributed by atoms with Gasteiger partial charge in [-0.25, -0.2) is 4.98 Å². The highest BCUT2D eigenvalue weighted by atomic mass is 16.5. The molecule has 0 atom stereocenters. The van der Waals surface area contributed by atoms with Gasteiger partial charge in [-0.15, -0.1) is 0 Å². The largest absolute Gasteiger partial charge is 0.481 e. The molecule has 6 nitrogen and oxygen atoms in total. The number of methoxy groups -OCH3 is 2. The van der Waals surface area contributed by atoms with E-state index in [-0.39, 0.29) is 18.3 Å². The van der Waals surface area contributed by atoms with Gasteiger partial charge in [0.15, 0.2) is 0 Å². The van der Waals surface area contributed by atoms with Crippen LogP contribution in [0.25, 0.3) is 0 Å². The average molecular weight is 252 g/mol. The molecule has 0 unspecified atom stereocenters. The molecule has 0 aliphatic rings. The number of hydrogen-bond donors (Lipinski definition) is 0. The number of pyridine rings is 1. The van der Waals surface area contributed by atoms with Crippen molar-refractivity contribution in [1.29, 1.82) is 0 Å². The number of hydrogen-bond acceptors (Lipinski definition) is 5. The summed E-state index contributed by atoms with van der Waals surface area (Å²) in [5, 5.41) is 0. The number of ether oxygens (including phenoxy) is 2. The summed E-state index contributed by atoms with van der Waals surface area (Å²) in [6.07, 6.45) is 1.61. The molecular formula is C12H16N2O4. The second-order valence-electron chi connectivity index (χ2n) is 3.64. The Bertz CT molecular complexity index is 417. The van der Waals surface area contributed by atoms with E-state index in [1.54, 1.807) is 19.2 Å². The maximum atomic E-state index is 11.9. The Balaban J connectivity index is 2.59. The van der Waals surface area contributed by atoms with Gasteiger partial charge in [0, 0.05) is 25.9 Å². The molecule has 0 bridgehead atoms. The molecule has 1 heterocycles. The van der Waals surface area contributed by atoms with Crippen molar-refractivity contribution in [2.24, 2.45) is 0 Å². The summed E-state index contributed by atoms with van der Waals surface area (Å²) in [4.78, 5) is 28.3. The lowest BCUT2D eigenvalue weighted by Crippen LogP contribution is -2.29. The van der Waals surface area contributed by atoms with Gasteiger partial charge in [0.25, 0.3) is 5.91 Å². The van der Waals surface area contributed by atoms with E-state index in [1.807, 2.05) is 0 Å². The van der Waals surface area contributed by atoms with Crippen molar-refractivity contribution in [2.75, 3.05) is 27.8 Å². The second kappa shape index (κ2) is 6.58. The van der Waals surface area contributed by atoms with Gasteiger partial charge in [0.05, 0.1) is 26.2 Å². The summed E-state index contributed by atoms with van der Waals surface area (Å²) in [6.45, 7) is 0.303. The highest BCUT2D eigenvalue weighted by Crippen LogP contribution is 2.08. The first-order chi connectivity index (χ1) is 8.58. The summed E-state index contributed by atoms with van der Waals surface area (Å²) >= 11 is 0. The van der Waals surface area contributed by atoms with E-state index in [0.717, 1.165) is 0 Å². The second-order valence-corrected chi connectivity index (χ2v) is 3.64. The van der Waals surface area contributed by atoms with Gasteiger partial charge in [0.2, 0.25) is 5.88 Å². The lowest BCUT2D eigenvalue weighted by Gasteiger charge is -2.16. The molecule has 0 N–H and O–H groups in total. The lowest BCUT2D eigenvalue weighted by molar-refractivity contribution is -0.140. The summed E-state index contributed by atoms with van der Waals surface area (Å²) in [7, 11) is 4.44. The number of carbonyl (C=O) groups is 2. The molecule has 1 amide bonds. The van der Waals surface area contributed by atoms with Gasteiger partial charge in [-0.1, -0.05) is 0 Å². The number of carbonyl (C=O) groups excluding carboxylic acids is 2. The lowest BCUT2D eigenvalue weighted by atomic mass is 10.2. The van der Waals surface area contributed by atoms with Crippen LogP contribution in [0.1, 0.15) is 16.8 Å². The van der Waals surface area contributed by atoms with Crippen LogP contribution in [0.4, 0.5) is 0 Å². The van der Waals surface area contributed by atoms with Gasteiger partial charge >= 0.3 is 5.97 Å². The van der Waals surface area contributed by atoms with Crippen LogP contribution in [-0.4, -0.2) is 49.6 Å². The molecule has 0 spiro atoms. The summed E-state index contributed by atoms with van der Waals surface area (Å²) < 4.78 is 9.42. The molecule has 0 radical (unpaired) electrons. The molecule has 0 saturated carbocycles. The molecule has 1 rings (SSSR count). The highest BCUT2D eigenvalue weighted by Gasteiger charge is 2.13. The van der Waals surface area contributed by atoms with Crippen LogP contribution in [0.5, 0.6) is 5.88 Å². The van der Waals surface area contributed by atoms with Crippen LogP contribution < -0.4 is 4.74 Å². The minimum Gasteiger partial charge on any atom is -0.481 e. The van der Waals surface area contributed by atoms with E-state index in [1.165, 1.54) is 25.3 Å². The Morgan fingerprint density at radius 1 is 1.33 bits per heavy atom. The number of rotatable bonds is 5. The van der Waals surface area contributed by atoms with E-state index in [4.69, 9.17) is 4.74 Å². The molecule has 98 valence electrons. The number of nitrogens with zero attached hydrogens (tertiary/aromatic N) is 2. The minimum atomic E-state index is -0.345. The van der Waals surface area contributed by atoms with Crippen LogP contribution in [0.3, 0.4) is 0 Å². The molecular weight excluding hydrogens is 236 g/mol. The van der Waals surface area contributed by atoms with Crippen molar-refractivity contribution in [3.63, 3.8) is 0 Å². The monoisotopic (exact) mass is 252 g/mol. The summed E-state index contributed by atoms with van der Waals surface area (Å²) in [5.74, 6) is -0.0969. The quantitative estimate of drug-likeness (QED) is 0.722. The zero-order chi connectivity index (χ0) is 13.5. The SMILES string of the molecule is COC(=O)CCN(C)C(=O)c1ccc(OC)nc1. The Morgan fingerprint density at radius 2 is 2.06 bits per heavy atom. The summed E-state index contributed by atoms with van der Waals surface area (Å²) in [6, 6.07) is 3.24. The summed E-state index contributed by atoms with van der Waals surface area (Å²) in [5.41, 5.74) is 0.447. The fourth-order valence-electron chi connectivity index (χ4n) is 1.31. The van der Waals surface area contributed by atoms with Crippen molar-refractivity contribution in [2.45, 2.75) is 6.42 Å². The third-order valence-corrected chi connectivity index (χ3v) is 2.42. The van der Waals surface area contributed by atoms with Crippen LogP contribution in [0.15, 0.2) is 18.3 Å². The smallest absolute Gasteiger partial charge is 0.307 e. The van der Waals surface area contributed by atoms with Crippen LogP contribution in [0.2, 0.25) is 0 Å². The Morgan fingerprint density at radius 3 is 2.56 bits per heavy atom. The van der Waals surface area contributed by atoms with Crippen molar-refractivity contribution in [3.8, 4) is 5.88 Å². The standard InChI is InChI=1S/C12H16N2O4/c1-14(7-6-11(15)18-3)12(16)9-4-5-10(17-2)13-8-9/h4-5,8H,6-7H2,1-3H3. The Hall–Kier alpha value is -2.11. The maximum Gasteiger partial charge on any atom is 0.307 e. The minimum absolute atomic E-state index is 0.169. The van der Waals surface area contributed by atoms with Gasteiger partial charge < -0.3 is 14.4 Å². The maximum absolute atomic E-state index is 11.9. The van der Waals surface area contributed by atoms with Crippen molar-refractivity contribution in [3.05, 3.63) is 23.9 Å². The molecule has 6 heteroatoms. The van der Waals surface area contributed by atoms with E-state index in [0.29, 0.717) is 18.0 Å². The van der Waals surface area contributed by atoms with E-state index in [2.05, 4.69) is 9.72 Å². The zero-order valence-electron chi connectivity index (χ0n) is 10.7. The van der Waals surface area contributed by atoms with Gasteiger partial charge in [-0.2, -0.15) is 0 Å². The molecule has 0 saturated heterocycles. The Kier molecular flexibility index (Phi) is 5.10. The fraction of sp³-hybridized carbons (Fsp3) is 0.417. The first-order valence-electron chi connectivity index (χ1n) is 5.40. The van der Waals surface area contributed by atoms with Crippen molar-refractivity contribution < 1.29 is 19.1 Å². The first-order valence-corrected chi connectivity index (χ1v) is 5.40. The van der Waals surface area contributed by atoms with Crippen molar-refractivity contribution >= 4 is 11.9 Å². The number of amides is 1. The first kappa shape index (κ1) is 14.0. The normalized spacial score (nSPS) is 9.72. The van der Waals surface area contributed by atoms with E-state index >= 15 is 0 Å². The van der Waals surface area contributed by atoms with Gasteiger partial charge in [-0.05, 0) is 6.07 Å². The molecule has 0 aliphatic heterocycles. The molecule has 1 aromatic heterocycles. The highest BCUT2D eigenvalue weighted by molar-refractivity contribution is 5.94. The fourth-order valence-corrected chi connectivity index (χ4v) is 1.31. The molecule has 0 aliphatic carbocycles. The molecule has 1 aromatic rings. The van der Waals surface area contributed by atoms with E-state index in [9.17, 15) is 9.59 Å². The predicted octanol–water partition coefficient (Wildman–Crippen LogP) is 0.725. The van der Waals surface area contributed by atoms with Crippen LogP contribution in [0, 0.1) is 0 Å². The third-order valence-electron chi connectivity index (χ3n) is 2.42. The molecule has 18 heavy (non-hydrogen) atoms.